The number of rotatable bonds is 2. The summed E-state index contributed by atoms with van der Waals surface area (Å²) in [5.41, 5.74) is 7.13. The summed E-state index contributed by atoms with van der Waals surface area (Å²) in [6.07, 6.45) is 7.06. The molecular formula is C19H22N6O2. The lowest BCUT2D eigenvalue weighted by atomic mass is 9.96. The number of nitrogens with two attached hydrogens (primary N) is 1. The third-order valence-corrected chi connectivity index (χ3v) is 5.36. The first-order chi connectivity index (χ1) is 12.9. The van der Waals surface area contributed by atoms with Gasteiger partial charge in [-0.3, -0.25) is 14.2 Å². The van der Waals surface area contributed by atoms with Crippen LogP contribution in [0.2, 0.25) is 0 Å². The molecule has 2 aromatic rings. The summed E-state index contributed by atoms with van der Waals surface area (Å²) >= 11 is 0. The zero-order valence-electron chi connectivity index (χ0n) is 15.4. The zero-order chi connectivity index (χ0) is 19.2. The number of hydrogen-bond donors (Lipinski definition) is 3. The zero-order valence-corrected chi connectivity index (χ0v) is 15.4. The predicted octanol–water partition coefficient (Wildman–Crippen LogP) is 2.19. The molecule has 0 fully saturated rings. The number of allylic oxidation sites excluding steroid dienone is 1. The topological polar surface area (TPSA) is 115 Å². The molecular weight excluding hydrogens is 344 g/mol. The van der Waals surface area contributed by atoms with Crippen molar-refractivity contribution in [3.63, 3.8) is 0 Å². The van der Waals surface area contributed by atoms with Crippen LogP contribution in [0.3, 0.4) is 0 Å². The van der Waals surface area contributed by atoms with E-state index in [2.05, 4.69) is 26.7 Å². The second kappa shape index (κ2) is 6.22. The molecule has 3 heterocycles. The molecule has 1 aliphatic heterocycles. The highest BCUT2D eigenvalue weighted by Crippen LogP contribution is 2.37. The lowest BCUT2D eigenvalue weighted by Gasteiger charge is -2.32. The molecule has 0 aromatic carbocycles. The van der Waals surface area contributed by atoms with Crippen LogP contribution in [0.15, 0.2) is 34.9 Å². The second-order valence-electron chi connectivity index (χ2n) is 7.13. The van der Waals surface area contributed by atoms with Crippen molar-refractivity contribution in [1.29, 1.82) is 0 Å². The smallest absolute Gasteiger partial charge is 0.277 e. The maximum atomic E-state index is 13.4. The third-order valence-electron chi connectivity index (χ3n) is 5.36. The SMILES string of the molecule is CC1=CCCCCC12NC(=O)c1c(C)cc(Nc3cc(N)ncn3)c(=O)n12. The number of nitrogen functional groups attached to an aromatic ring is 1. The Kier molecular flexibility index (Phi) is 3.98. The summed E-state index contributed by atoms with van der Waals surface area (Å²) in [5, 5.41) is 6.12. The predicted molar refractivity (Wildman–Crippen MR) is 103 cm³/mol. The monoisotopic (exact) mass is 366 g/mol. The number of pyridine rings is 1. The summed E-state index contributed by atoms with van der Waals surface area (Å²) in [6, 6.07) is 3.24. The van der Waals surface area contributed by atoms with E-state index in [0.717, 1.165) is 30.4 Å². The number of carbonyl (C=O) groups is 1. The first-order valence-corrected chi connectivity index (χ1v) is 9.04. The number of nitrogens with zero attached hydrogens (tertiary/aromatic N) is 3. The van der Waals surface area contributed by atoms with Gasteiger partial charge in [-0.05, 0) is 56.7 Å². The van der Waals surface area contributed by atoms with E-state index in [1.165, 1.54) is 6.33 Å². The Morgan fingerprint density at radius 1 is 1.22 bits per heavy atom. The number of anilines is 3. The van der Waals surface area contributed by atoms with E-state index in [9.17, 15) is 9.59 Å². The van der Waals surface area contributed by atoms with Gasteiger partial charge >= 0.3 is 0 Å². The van der Waals surface area contributed by atoms with Crippen LogP contribution in [0.25, 0.3) is 0 Å². The highest BCUT2D eigenvalue weighted by atomic mass is 16.2. The molecule has 0 radical (unpaired) electrons. The van der Waals surface area contributed by atoms with Crippen molar-refractivity contribution in [1.82, 2.24) is 19.9 Å². The fourth-order valence-electron chi connectivity index (χ4n) is 4.02. The lowest BCUT2D eigenvalue weighted by molar-refractivity contribution is 0.0929. The van der Waals surface area contributed by atoms with E-state index < -0.39 is 5.66 Å². The fraction of sp³-hybridized carbons (Fsp3) is 0.368. The molecule has 1 spiro atoms. The van der Waals surface area contributed by atoms with Crippen LogP contribution < -0.4 is 21.9 Å². The minimum absolute atomic E-state index is 0.211. The highest BCUT2D eigenvalue weighted by molar-refractivity contribution is 5.97. The summed E-state index contributed by atoms with van der Waals surface area (Å²) in [5.74, 6) is 0.525. The van der Waals surface area contributed by atoms with Crippen molar-refractivity contribution in [2.45, 2.75) is 45.2 Å². The lowest BCUT2D eigenvalue weighted by Crippen LogP contribution is -2.48. The third kappa shape index (κ3) is 2.68. The molecule has 27 heavy (non-hydrogen) atoms. The molecule has 1 atom stereocenters. The molecule has 4 N–H and O–H groups in total. The quantitative estimate of drug-likeness (QED) is 0.702. The van der Waals surface area contributed by atoms with Gasteiger partial charge in [0, 0.05) is 6.07 Å². The minimum atomic E-state index is -0.798. The molecule has 0 saturated carbocycles. The van der Waals surface area contributed by atoms with Gasteiger partial charge in [-0.25, -0.2) is 9.97 Å². The van der Waals surface area contributed by atoms with Crippen LogP contribution in [-0.4, -0.2) is 20.4 Å². The molecule has 0 saturated heterocycles. The average Bonchev–Trinajstić information content (AvgIpc) is 2.81. The summed E-state index contributed by atoms with van der Waals surface area (Å²) in [6.45, 7) is 3.81. The van der Waals surface area contributed by atoms with Crippen LogP contribution in [0.4, 0.5) is 17.3 Å². The molecule has 2 aliphatic rings. The van der Waals surface area contributed by atoms with Crippen LogP contribution in [0.1, 0.15) is 48.7 Å². The van der Waals surface area contributed by atoms with E-state index in [1.807, 2.05) is 13.8 Å². The highest BCUT2D eigenvalue weighted by Gasteiger charge is 2.46. The van der Waals surface area contributed by atoms with E-state index in [0.29, 0.717) is 29.4 Å². The molecule has 1 amide bonds. The van der Waals surface area contributed by atoms with Gasteiger partial charge in [0.2, 0.25) is 0 Å². The molecule has 0 bridgehead atoms. The molecule has 1 unspecified atom stereocenters. The summed E-state index contributed by atoms with van der Waals surface area (Å²) in [7, 11) is 0. The Hall–Kier alpha value is -3.16. The second-order valence-corrected chi connectivity index (χ2v) is 7.13. The van der Waals surface area contributed by atoms with Crippen molar-refractivity contribution in [3.8, 4) is 0 Å². The molecule has 4 rings (SSSR count). The van der Waals surface area contributed by atoms with Crippen molar-refractivity contribution in [3.05, 3.63) is 51.7 Å². The fourth-order valence-corrected chi connectivity index (χ4v) is 4.02. The van der Waals surface area contributed by atoms with E-state index >= 15 is 0 Å². The van der Waals surface area contributed by atoms with E-state index in [1.54, 1.807) is 16.7 Å². The number of fused-ring (bicyclic) bond motifs is 2. The van der Waals surface area contributed by atoms with Crippen LogP contribution in [-0.2, 0) is 5.66 Å². The Labute approximate surface area is 156 Å². The number of hydrogen-bond acceptors (Lipinski definition) is 6. The minimum Gasteiger partial charge on any atom is -0.384 e. The maximum Gasteiger partial charge on any atom is 0.277 e. The van der Waals surface area contributed by atoms with Crippen molar-refractivity contribution >= 4 is 23.2 Å². The van der Waals surface area contributed by atoms with Gasteiger partial charge in [0.15, 0.2) is 0 Å². The first-order valence-electron chi connectivity index (χ1n) is 9.04. The Bertz CT molecular complexity index is 1030. The van der Waals surface area contributed by atoms with Gasteiger partial charge in [-0.2, -0.15) is 0 Å². The normalized spacial score (nSPS) is 21.4. The molecule has 1 aliphatic carbocycles. The van der Waals surface area contributed by atoms with Crippen molar-refractivity contribution in [2.24, 2.45) is 0 Å². The van der Waals surface area contributed by atoms with Gasteiger partial charge in [0.1, 0.15) is 35.0 Å². The Morgan fingerprint density at radius 3 is 2.81 bits per heavy atom. The number of nitrogens with one attached hydrogen (secondary N) is 2. The Morgan fingerprint density at radius 2 is 2.04 bits per heavy atom. The molecule has 140 valence electrons. The number of aromatic nitrogens is 3. The van der Waals surface area contributed by atoms with E-state index in [-0.39, 0.29) is 11.5 Å². The van der Waals surface area contributed by atoms with Crippen molar-refractivity contribution in [2.75, 3.05) is 11.1 Å². The van der Waals surface area contributed by atoms with Gasteiger partial charge in [0.05, 0.1) is 0 Å². The van der Waals surface area contributed by atoms with Gasteiger partial charge in [-0.15, -0.1) is 0 Å². The number of amides is 1. The summed E-state index contributed by atoms with van der Waals surface area (Å²) in [4.78, 5) is 34.1. The number of carbonyl (C=O) groups excluding carboxylic acids is 1. The van der Waals surface area contributed by atoms with E-state index in [4.69, 9.17) is 5.73 Å². The largest absolute Gasteiger partial charge is 0.384 e. The molecule has 8 heteroatoms. The van der Waals surface area contributed by atoms with Crippen LogP contribution in [0.5, 0.6) is 0 Å². The van der Waals surface area contributed by atoms with Crippen LogP contribution in [0, 0.1) is 6.92 Å². The van der Waals surface area contributed by atoms with Gasteiger partial charge < -0.3 is 16.4 Å². The van der Waals surface area contributed by atoms with Gasteiger partial charge in [-0.1, -0.05) is 6.08 Å². The standard InChI is InChI=1S/C19H22N6O2/c1-11-8-13(23-15-9-14(20)21-10-22-15)18(27)25-16(11)17(26)24-19(25)7-5-3-4-6-12(19)2/h6,8-10H,3-5,7H2,1-2H3,(H,24,26)(H3,20,21,22,23). The molecule has 8 nitrogen and oxygen atoms in total. The maximum absolute atomic E-state index is 13.4. The number of aryl methyl sites for hydroxylation is 1. The molecule has 2 aromatic heterocycles. The van der Waals surface area contributed by atoms with Crippen molar-refractivity contribution < 1.29 is 4.79 Å². The Balaban J connectivity index is 1.90. The van der Waals surface area contributed by atoms with Gasteiger partial charge in [0.25, 0.3) is 11.5 Å². The average molecular weight is 366 g/mol. The first kappa shape index (κ1) is 17.3. The van der Waals surface area contributed by atoms with Crippen LogP contribution >= 0.6 is 0 Å². The summed E-state index contributed by atoms with van der Waals surface area (Å²) < 4.78 is 1.62.